The highest BCUT2D eigenvalue weighted by atomic mass is 16.4. The number of carboxylic acids is 1. The highest BCUT2D eigenvalue weighted by molar-refractivity contribution is 6.01. The number of nitrogens with zero attached hydrogens (tertiary/aromatic N) is 1. The Morgan fingerprint density at radius 2 is 1.08 bits per heavy atom. The van der Waals surface area contributed by atoms with E-state index in [0.29, 0.717) is 18.5 Å². The number of aromatic amines is 1. The van der Waals surface area contributed by atoms with Gasteiger partial charge >= 0.3 is 5.97 Å². The van der Waals surface area contributed by atoms with E-state index >= 15 is 0 Å². The van der Waals surface area contributed by atoms with Gasteiger partial charge in [-0.3, -0.25) is 81.5 Å². The first-order valence-electron chi connectivity index (χ1n) is 36.6. The Hall–Kier alpha value is -10.4. The van der Waals surface area contributed by atoms with E-state index in [1.54, 1.807) is 69.2 Å². The van der Waals surface area contributed by atoms with E-state index in [9.17, 15) is 96.5 Å². The van der Waals surface area contributed by atoms with Gasteiger partial charge < -0.3 is 112 Å². The van der Waals surface area contributed by atoms with Crippen molar-refractivity contribution < 1.29 is 96.5 Å². The molecule has 0 radical (unpaired) electrons. The fraction of sp³-hybridized carbons (Fsp3) is 0.696. The van der Waals surface area contributed by atoms with Crippen LogP contribution in [-0.2, 0) is 92.7 Å². The van der Waals surface area contributed by atoms with Crippen LogP contribution < -0.4 is 96.5 Å². The molecule has 14 atom stereocenters. The number of rotatable bonds is 37. The maximum atomic E-state index is 14.8. The number of primary amides is 1. The van der Waals surface area contributed by atoms with Gasteiger partial charge in [-0.2, -0.15) is 0 Å². The molecule has 1 aliphatic heterocycles. The lowest BCUT2D eigenvalue weighted by Crippen LogP contribution is -2.61. The zero-order chi connectivity index (χ0) is 82.5. The molecule has 0 spiro atoms. The molecule has 1 fully saturated rings. The summed E-state index contributed by atoms with van der Waals surface area (Å²) in [5, 5.41) is 59.4. The van der Waals surface area contributed by atoms with Gasteiger partial charge in [0.2, 0.25) is 100 Å². The van der Waals surface area contributed by atoms with E-state index in [2.05, 4.69) is 95.0 Å². The van der Waals surface area contributed by atoms with E-state index < -0.39 is 230 Å². The molecule has 109 heavy (non-hydrogen) atoms. The maximum Gasteiger partial charge on any atom is 0.326 e. The predicted octanol–water partition coefficient (Wildman–Crippen LogP) is -6.23. The number of carboxylic acid groups (broad SMARTS) is 1. The van der Waals surface area contributed by atoms with Crippen LogP contribution >= 0.6 is 0 Å². The van der Waals surface area contributed by atoms with Gasteiger partial charge in [-0.1, -0.05) is 75.7 Å². The van der Waals surface area contributed by atoms with Crippen LogP contribution in [0.2, 0.25) is 0 Å². The fourth-order valence-corrected chi connectivity index (χ4v) is 10.9. The number of aliphatic hydroxyl groups excluding tert-OH is 1. The number of carbonyl (C=O) groups is 18. The molecule has 1 aromatic rings. The summed E-state index contributed by atoms with van der Waals surface area (Å²) in [5.41, 5.74) is 11.5. The number of unbranched alkanes of at least 4 members (excludes halogenated alkanes) is 1. The SMILES string of the molecule is CCC(C)C(NC(=O)C(CC(C)C)NC(=O)C(CCC(N)=O)NC(=O)C(Cc1cnc[nH]1)NC(=O)CNC(=O)CNC(=O)C(CC(C)C)NC(=O)C(CC(C)C)NC(=O)C1CC(=O)NC(CC(C)C)C(=O)NC(C)C(=O)NCC(=O)NCC(=O)NC(C(C)O)C(=O)NC(C)C(=O)NC(CCCCN)C(=O)N1)C(=O)O. The largest absolute Gasteiger partial charge is 0.480 e. The van der Waals surface area contributed by atoms with Gasteiger partial charge in [0.15, 0.2) is 0 Å². The van der Waals surface area contributed by atoms with Crippen LogP contribution in [-0.4, -0.2) is 238 Å². The van der Waals surface area contributed by atoms with Crippen molar-refractivity contribution in [2.45, 2.75) is 246 Å². The first kappa shape index (κ1) is 94.7. The van der Waals surface area contributed by atoms with Crippen LogP contribution in [0.3, 0.4) is 0 Å². The van der Waals surface area contributed by atoms with Crippen molar-refractivity contribution in [3.8, 4) is 0 Å². The third-order valence-corrected chi connectivity index (χ3v) is 17.0. The number of imidazole rings is 1. The zero-order valence-corrected chi connectivity index (χ0v) is 64.4. The molecule has 1 aromatic heterocycles. The van der Waals surface area contributed by atoms with Gasteiger partial charge in [0.05, 0.1) is 45.0 Å². The Balaban J connectivity index is 2.51. The average molecular weight is 1550 g/mol. The van der Waals surface area contributed by atoms with E-state index in [-0.39, 0.29) is 81.6 Å². The van der Waals surface area contributed by atoms with E-state index in [1.165, 1.54) is 26.4 Å². The van der Waals surface area contributed by atoms with Crippen molar-refractivity contribution in [1.29, 1.82) is 0 Å². The molecule has 612 valence electrons. The van der Waals surface area contributed by atoms with Gasteiger partial charge in [-0.15, -0.1) is 0 Å². The molecular weight excluding hydrogens is 1430 g/mol. The Bertz CT molecular complexity index is 3300. The Labute approximate surface area is 633 Å². The predicted molar refractivity (Wildman–Crippen MR) is 391 cm³/mol. The number of amides is 17. The summed E-state index contributed by atoms with van der Waals surface area (Å²) in [6, 6.07) is -17.9. The van der Waals surface area contributed by atoms with Crippen LogP contribution in [0.5, 0.6) is 0 Å². The molecule has 17 amide bonds. The molecule has 2 rings (SSSR count). The Morgan fingerprint density at radius 1 is 0.550 bits per heavy atom. The standard InChI is InChI=1S/C69H116N20O20/c1-14-37(10)56(69(108)109)89-67(106)47(24-36(8)9)85-62(101)43(18-19-50(71)91)83-65(104)48(25-41-27-72-32-77-41)81-54(95)30-73-53(94)29-76-60(99)44(21-33(2)3)84-64(103)46(23-35(6)7)86-66(105)49-26-51(92)80-45(22-34(4)5)63(102)78-38(11)58(97)75-28-52(93)74-31-55(96)88-57(40(13)90)68(107)79-39(12)59(98)82-42(61(100)87-49)17-15-16-20-70/h27,32-40,42-49,56-57,90H,14-26,28-31,70H2,1-13H3,(H2,71,91)(H,72,77)(H,73,94)(H,74,93)(H,75,97)(H,76,99)(H,78,102)(H,79,107)(H,80,92)(H,81,95)(H,82,98)(H,83,104)(H,84,103)(H,85,101)(H,86,105)(H,87,100)(H,88,96)(H,89,106)(H,108,109). The molecule has 14 unspecified atom stereocenters. The lowest BCUT2D eigenvalue weighted by atomic mass is 9.97. The summed E-state index contributed by atoms with van der Waals surface area (Å²) in [5.74, 6) is -19.2. The third kappa shape index (κ3) is 36.4. The highest BCUT2D eigenvalue weighted by Gasteiger charge is 2.38. The van der Waals surface area contributed by atoms with Crippen molar-refractivity contribution in [3.63, 3.8) is 0 Å². The molecule has 0 saturated carbocycles. The van der Waals surface area contributed by atoms with Crippen LogP contribution in [0.25, 0.3) is 0 Å². The number of nitrogens with two attached hydrogens (primary N) is 2. The summed E-state index contributed by atoms with van der Waals surface area (Å²) < 4.78 is 0. The summed E-state index contributed by atoms with van der Waals surface area (Å²) in [4.78, 5) is 251. The first-order chi connectivity index (χ1) is 51.0. The van der Waals surface area contributed by atoms with Gasteiger partial charge in [-0.05, 0) is 108 Å². The topological polar surface area (TPSA) is 621 Å². The number of hydrogen-bond acceptors (Lipinski definition) is 21. The fourth-order valence-electron chi connectivity index (χ4n) is 10.9. The summed E-state index contributed by atoms with van der Waals surface area (Å²) in [7, 11) is 0. The van der Waals surface area contributed by atoms with Crippen LogP contribution in [0.15, 0.2) is 12.5 Å². The van der Waals surface area contributed by atoms with Crippen molar-refractivity contribution in [2.75, 3.05) is 32.7 Å². The number of aliphatic carboxylic acids is 1. The molecular formula is C69H116N20O20. The van der Waals surface area contributed by atoms with Crippen molar-refractivity contribution in [1.82, 2.24) is 95.0 Å². The normalized spacial score (nSPS) is 20.4. The lowest BCUT2D eigenvalue weighted by Gasteiger charge is -2.28. The quantitative estimate of drug-likeness (QED) is 0.0276. The number of hydrogen-bond donors (Lipinski definition) is 21. The first-order valence-corrected chi connectivity index (χ1v) is 36.6. The third-order valence-electron chi connectivity index (χ3n) is 17.0. The summed E-state index contributed by atoms with van der Waals surface area (Å²) in [6.45, 7) is 17.9. The van der Waals surface area contributed by atoms with Crippen LogP contribution in [0, 0.1) is 29.6 Å². The van der Waals surface area contributed by atoms with Crippen molar-refractivity contribution in [3.05, 3.63) is 18.2 Å². The van der Waals surface area contributed by atoms with E-state index in [0.717, 1.165) is 6.92 Å². The van der Waals surface area contributed by atoms with Gasteiger partial charge in [0.25, 0.3) is 0 Å². The van der Waals surface area contributed by atoms with E-state index in [4.69, 9.17) is 11.5 Å². The van der Waals surface area contributed by atoms with Crippen molar-refractivity contribution in [2.24, 2.45) is 41.1 Å². The minimum Gasteiger partial charge on any atom is -0.480 e. The van der Waals surface area contributed by atoms with Gasteiger partial charge in [-0.25, -0.2) is 9.78 Å². The van der Waals surface area contributed by atoms with Crippen LogP contribution in [0.1, 0.15) is 166 Å². The minimum atomic E-state index is -1.92. The summed E-state index contributed by atoms with van der Waals surface area (Å²) >= 11 is 0. The zero-order valence-electron chi connectivity index (χ0n) is 64.4. The maximum absolute atomic E-state index is 14.8. The number of aromatic nitrogens is 2. The Kier molecular flexibility index (Phi) is 41.8. The number of aliphatic hydroxyl groups is 1. The summed E-state index contributed by atoms with van der Waals surface area (Å²) in [6.07, 6.45) is -0.375. The molecule has 0 bridgehead atoms. The average Bonchev–Trinajstić information content (AvgIpc) is 1.09. The molecule has 23 N–H and O–H groups in total. The highest BCUT2D eigenvalue weighted by Crippen LogP contribution is 2.15. The van der Waals surface area contributed by atoms with Crippen LogP contribution in [0.4, 0.5) is 0 Å². The molecule has 1 saturated heterocycles. The molecule has 40 heteroatoms. The van der Waals surface area contributed by atoms with Gasteiger partial charge in [0.1, 0.15) is 72.5 Å². The second-order valence-electron chi connectivity index (χ2n) is 28.8. The van der Waals surface area contributed by atoms with Crippen molar-refractivity contribution >= 4 is 106 Å². The number of nitrogens with one attached hydrogen (secondary N) is 17. The number of H-pyrrole nitrogens is 1. The minimum absolute atomic E-state index is 0.0332. The molecule has 0 aromatic carbocycles. The lowest BCUT2D eigenvalue weighted by molar-refractivity contribution is -0.144. The Morgan fingerprint density at radius 3 is 1.63 bits per heavy atom. The molecule has 40 nitrogen and oxygen atoms in total. The van der Waals surface area contributed by atoms with Gasteiger partial charge in [0, 0.05) is 24.7 Å². The second-order valence-corrected chi connectivity index (χ2v) is 28.8. The second kappa shape index (κ2) is 48.1. The molecule has 2 heterocycles. The molecule has 0 aliphatic carbocycles. The smallest absolute Gasteiger partial charge is 0.326 e. The molecule has 1 aliphatic rings. The van der Waals surface area contributed by atoms with E-state index in [1.807, 2.05) is 0 Å². The monoisotopic (exact) mass is 1540 g/mol. The number of carbonyl (C=O) groups excluding carboxylic acids is 17.